The van der Waals surface area contributed by atoms with E-state index < -0.39 is 0 Å². The molecule has 2 aromatic carbocycles. The first kappa shape index (κ1) is 33.9. The van der Waals surface area contributed by atoms with Crippen LogP contribution in [0.3, 0.4) is 0 Å². The maximum Gasteiger partial charge on any atom is 0.127 e. The first-order chi connectivity index (χ1) is 17.5. The van der Waals surface area contributed by atoms with Crippen molar-refractivity contribution in [2.75, 3.05) is 5.73 Å². The number of terminal acetylenes is 1. The van der Waals surface area contributed by atoms with Crippen LogP contribution in [0.4, 0.5) is 14.5 Å². The Hall–Kier alpha value is -3.12. The van der Waals surface area contributed by atoms with E-state index in [-0.39, 0.29) is 17.0 Å². The number of anilines is 1. The highest BCUT2D eigenvalue weighted by Crippen LogP contribution is 2.44. The minimum absolute atomic E-state index is 0.256. The zero-order chi connectivity index (χ0) is 28.6. The SMILES string of the molecule is C#C.C=C.C=C(CC1CCC(C)(c2cc(F)ccc2F)CC1)C(C=C(C)C)CC.Cc1ccc(N)cc1. The Morgan fingerprint density at radius 3 is 2.08 bits per heavy atom. The van der Waals surface area contributed by atoms with Gasteiger partial charge in [0.25, 0.3) is 0 Å². The van der Waals surface area contributed by atoms with Gasteiger partial charge in [-0.25, -0.2) is 8.78 Å². The summed E-state index contributed by atoms with van der Waals surface area (Å²) >= 11 is 0. The fourth-order valence-corrected chi connectivity index (χ4v) is 4.76. The van der Waals surface area contributed by atoms with E-state index in [0.29, 0.717) is 17.4 Å². The summed E-state index contributed by atoms with van der Waals surface area (Å²) in [5, 5.41) is 0. The molecule has 1 unspecified atom stereocenters. The molecule has 0 bridgehead atoms. The molecule has 0 amide bonds. The Balaban J connectivity index is 0.000000900. The first-order valence-corrected chi connectivity index (χ1v) is 13.0. The first-order valence-electron chi connectivity index (χ1n) is 13.0. The predicted octanol–water partition coefficient (Wildman–Crippen LogP) is 9.98. The fourth-order valence-electron chi connectivity index (χ4n) is 4.76. The molecule has 37 heavy (non-hydrogen) atoms. The Labute approximate surface area is 225 Å². The summed E-state index contributed by atoms with van der Waals surface area (Å²) in [5.41, 5.74) is 10.4. The van der Waals surface area contributed by atoms with Gasteiger partial charge >= 0.3 is 0 Å². The lowest BCUT2D eigenvalue weighted by Gasteiger charge is -2.38. The van der Waals surface area contributed by atoms with Gasteiger partial charge in [-0.15, -0.1) is 26.0 Å². The highest BCUT2D eigenvalue weighted by molar-refractivity contribution is 5.38. The minimum atomic E-state index is -0.347. The molecular weight excluding hydrogens is 460 g/mol. The number of rotatable bonds is 6. The van der Waals surface area contributed by atoms with Gasteiger partial charge in [0.1, 0.15) is 11.6 Å². The molecule has 202 valence electrons. The highest BCUT2D eigenvalue weighted by Gasteiger charge is 2.35. The zero-order valence-corrected chi connectivity index (χ0v) is 23.6. The van der Waals surface area contributed by atoms with Gasteiger partial charge in [-0.2, -0.15) is 0 Å². The third kappa shape index (κ3) is 11.6. The fraction of sp³-hybridized carbons (Fsp3) is 0.412. The summed E-state index contributed by atoms with van der Waals surface area (Å²) in [7, 11) is 0. The van der Waals surface area contributed by atoms with Crippen LogP contribution in [0.25, 0.3) is 0 Å². The maximum atomic E-state index is 14.2. The smallest absolute Gasteiger partial charge is 0.127 e. The molecule has 0 saturated heterocycles. The van der Waals surface area contributed by atoms with Crippen LogP contribution in [0.15, 0.2) is 79.4 Å². The summed E-state index contributed by atoms with van der Waals surface area (Å²) in [5.74, 6) is 0.442. The lowest BCUT2D eigenvalue weighted by Crippen LogP contribution is -2.30. The number of nitrogens with two attached hydrogens (primary N) is 1. The lowest BCUT2D eigenvalue weighted by molar-refractivity contribution is 0.238. The number of allylic oxidation sites excluding steroid dienone is 3. The summed E-state index contributed by atoms with van der Waals surface area (Å²) in [4.78, 5) is 0. The second-order valence-corrected chi connectivity index (χ2v) is 10.2. The number of aryl methyl sites for hydroxylation is 1. The number of halogens is 2. The third-order valence-corrected chi connectivity index (χ3v) is 6.91. The van der Waals surface area contributed by atoms with Crippen LogP contribution in [0, 0.1) is 43.2 Å². The van der Waals surface area contributed by atoms with Gasteiger partial charge in [0.2, 0.25) is 0 Å². The van der Waals surface area contributed by atoms with E-state index in [9.17, 15) is 8.78 Å². The number of hydrogen-bond donors (Lipinski definition) is 1. The number of hydrogen-bond acceptors (Lipinski definition) is 1. The maximum absolute atomic E-state index is 14.2. The van der Waals surface area contributed by atoms with Crippen molar-refractivity contribution in [3.05, 3.63) is 102 Å². The number of benzene rings is 2. The predicted molar refractivity (Wildman–Crippen MR) is 159 cm³/mol. The van der Waals surface area contributed by atoms with Gasteiger partial charge < -0.3 is 5.73 Å². The van der Waals surface area contributed by atoms with Crippen LogP contribution < -0.4 is 5.73 Å². The van der Waals surface area contributed by atoms with E-state index >= 15 is 0 Å². The Morgan fingerprint density at radius 1 is 1.08 bits per heavy atom. The average Bonchev–Trinajstić information content (AvgIpc) is 2.89. The Morgan fingerprint density at radius 2 is 1.62 bits per heavy atom. The Kier molecular flexibility index (Phi) is 15.9. The molecule has 1 aliphatic rings. The van der Waals surface area contributed by atoms with Crippen molar-refractivity contribution >= 4 is 5.69 Å². The quantitative estimate of drug-likeness (QED) is 0.235. The molecule has 0 radical (unpaired) electrons. The van der Waals surface area contributed by atoms with Crippen LogP contribution in [-0.4, -0.2) is 0 Å². The molecule has 3 rings (SSSR count). The van der Waals surface area contributed by atoms with Crippen LogP contribution in [0.1, 0.15) is 77.3 Å². The lowest BCUT2D eigenvalue weighted by atomic mass is 9.66. The summed E-state index contributed by atoms with van der Waals surface area (Å²) < 4.78 is 27.8. The average molecular weight is 508 g/mol. The molecule has 1 atom stereocenters. The molecule has 3 heteroatoms. The van der Waals surface area contributed by atoms with Crippen molar-refractivity contribution in [1.29, 1.82) is 0 Å². The van der Waals surface area contributed by atoms with Crippen molar-refractivity contribution in [2.24, 2.45) is 11.8 Å². The minimum Gasteiger partial charge on any atom is -0.399 e. The van der Waals surface area contributed by atoms with Crippen molar-refractivity contribution in [2.45, 2.75) is 78.6 Å². The van der Waals surface area contributed by atoms with Crippen LogP contribution in [-0.2, 0) is 5.41 Å². The highest BCUT2D eigenvalue weighted by atomic mass is 19.1. The van der Waals surface area contributed by atoms with Crippen molar-refractivity contribution in [1.82, 2.24) is 0 Å². The van der Waals surface area contributed by atoms with Crippen LogP contribution >= 0.6 is 0 Å². The van der Waals surface area contributed by atoms with Crippen molar-refractivity contribution in [3.8, 4) is 12.8 Å². The summed E-state index contributed by atoms with van der Waals surface area (Å²) in [6.45, 7) is 20.9. The van der Waals surface area contributed by atoms with Crippen molar-refractivity contribution in [3.63, 3.8) is 0 Å². The Bertz CT molecular complexity index is 967. The molecule has 1 fully saturated rings. The van der Waals surface area contributed by atoms with Gasteiger partial charge in [-0.05, 0) is 112 Å². The standard InChI is InChI=1S/C23H32F2.C7H9N.C2H4.C2H2/c1-6-19(13-16(2)3)17(4)14-18-9-11-23(5,12-10-18)21-15-20(24)7-8-22(21)25;1-6-2-4-7(8)5-3-6;2*1-2/h7-8,13,15,18-19H,4,6,9-12,14H2,1-3,5H3;2-5H,8H2,1H3;1-2H2;1-2H. The molecule has 0 aliphatic heterocycles. The number of nitrogen functional groups attached to an aromatic ring is 1. The molecule has 1 nitrogen and oxygen atoms in total. The van der Waals surface area contributed by atoms with Gasteiger partial charge in [0.15, 0.2) is 0 Å². The second kappa shape index (κ2) is 17.4. The van der Waals surface area contributed by atoms with E-state index in [2.05, 4.69) is 66.4 Å². The van der Waals surface area contributed by atoms with Crippen LogP contribution in [0.2, 0.25) is 0 Å². The zero-order valence-electron chi connectivity index (χ0n) is 23.6. The summed E-state index contributed by atoms with van der Waals surface area (Å²) in [6, 6.07) is 11.6. The molecule has 0 spiro atoms. The van der Waals surface area contributed by atoms with Gasteiger partial charge in [0, 0.05) is 5.69 Å². The largest absolute Gasteiger partial charge is 0.399 e. The van der Waals surface area contributed by atoms with Gasteiger partial charge in [-0.3, -0.25) is 0 Å². The van der Waals surface area contributed by atoms with Gasteiger partial charge in [-0.1, -0.05) is 55.3 Å². The summed E-state index contributed by atoms with van der Waals surface area (Å²) in [6.07, 6.45) is 16.4. The van der Waals surface area contributed by atoms with Crippen LogP contribution in [0.5, 0.6) is 0 Å². The molecule has 2 aromatic rings. The third-order valence-electron chi connectivity index (χ3n) is 6.91. The van der Waals surface area contributed by atoms with Gasteiger partial charge in [0.05, 0.1) is 0 Å². The van der Waals surface area contributed by atoms with E-state index in [1.54, 1.807) is 0 Å². The molecule has 1 saturated carbocycles. The second-order valence-electron chi connectivity index (χ2n) is 10.2. The van der Waals surface area contributed by atoms with E-state index in [1.807, 2.05) is 31.2 Å². The van der Waals surface area contributed by atoms with E-state index in [4.69, 9.17) is 5.73 Å². The molecule has 0 heterocycles. The molecule has 0 aromatic heterocycles. The van der Waals surface area contributed by atoms with Crippen molar-refractivity contribution < 1.29 is 8.78 Å². The van der Waals surface area contributed by atoms with E-state index in [1.165, 1.54) is 34.9 Å². The normalized spacial score (nSPS) is 18.8. The molecular formula is C34H47F2N. The topological polar surface area (TPSA) is 26.0 Å². The molecule has 1 aliphatic carbocycles. The van der Waals surface area contributed by atoms with E-state index in [0.717, 1.165) is 44.2 Å². The monoisotopic (exact) mass is 507 g/mol. The molecule has 2 N–H and O–H groups in total.